The van der Waals surface area contributed by atoms with Gasteiger partial charge in [0.25, 0.3) is 0 Å². The number of hydrogen-bond donors (Lipinski definition) is 2. The molecule has 1 aromatic rings. The number of halogens is 1. The lowest BCUT2D eigenvalue weighted by atomic mass is 10.1. The quantitative estimate of drug-likeness (QED) is 0.898. The molecule has 0 bridgehead atoms. The summed E-state index contributed by atoms with van der Waals surface area (Å²) >= 11 is 0. The summed E-state index contributed by atoms with van der Waals surface area (Å²) in [4.78, 5) is 12.2. The molecule has 0 saturated heterocycles. The van der Waals surface area contributed by atoms with E-state index >= 15 is 0 Å². The highest BCUT2D eigenvalue weighted by molar-refractivity contribution is 5.94. The van der Waals surface area contributed by atoms with Crippen molar-refractivity contribution in [3.05, 3.63) is 24.3 Å². The van der Waals surface area contributed by atoms with Gasteiger partial charge in [-0.3, -0.25) is 4.79 Å². The van der Waals surface area contributed by atoms with Crippen molar-refractivity contribution in [3.8, 4) is 5.75 Å². The van der Waals surface area contributed by atoms with Gasteiger partial charge in [-0.15, -0.1) is 12.4 Å². The second kappa shape index (κ2) is 7.50. The Labute approximate surface area is 126 Å². The van der Waals surface area contributed by atoms with Gasteiger partial charge in [-0.2, -0.15) is 0 Å². The highest BCUT2D eigenvalue weighted by Crippen LogP contribution is 2.29. The molecule has 0 aromatic heterocycles. The molecule has 0 spiro atoms. The maximum absolute atomic E-state index is 12.2. The van der Waals surface area contributed by atoms with Gasteiger partial charge < -0.3 is 15.8 Å². The van der Waals surface area contributed by atoms with Gasteiger partial charge in [0.15, 0.2) is 0 Å². The van der Waals surface area contributed by atoms with E-state index < -0.39 is 0 Å². The summed E-state index contributed by atoms with van der Waals surface area (Å²) in [7, 11) is 0. The van der Waals surface area contributed by atoms with Crippen molar-refractivity contribution in [2.45, 2.75) is 45.3 Å². The monoisotopic (exact) mass is 298 g/mol. The van der Waals surface area contributed by atoms with Crippen molar-refractivity contribution in [3.63, 3.8) is 0 Å². The fourth-order valence-electron chi connectivity index (χ4n) is 2.42. The molecule has 5 heteroatoms. The Morgan fingerprint density at radius 2 is 2.05 bits per heavy atom. The number of rotatable bonds is 4. The molecule has 112 valence electrons. The predicted molar refractivity (Wildman–Crippen MR) is 83.4 cm³/mol. The van der Waals surface area contributed by atoms with Crippen molar-refractivity contribution >= 4 is 24.0 Å². The molecule has 1 aromatic carbocycles. The lowest BCUT2D eigenvalue weighted by molar-refractivity contribution is -0.119. The van der Waals surface area contributed by atoms with Crippen LogP contribution in [0.1, 0.15) is 33.1 Å². The zero-order chi connectivity index (χ0) is 13.8. The van der Waals surface area contributed by atoms with Gasteiger partial charge in [-0.25, -0.2) is 0 Å². The summed E-state index contributed by atoms with van der Waals surface area (Å²) in [6, 6.07) is 7.70. The molecule has 2 unspecified atom stereocenters. The van der Waals surface area contributed by atoms with Crippen molar-refractivity contribution in [1.29, 1.82) is 0 Å². The van der Waals surface area contributed by atoms with Crippen LogP contribution < -0.4 is 15.8 Å². The Bertz CT molecular complexity index is 451. The minimum absolute atomic E-state index is 0. The van der Waals surface area contributed by atoms with Crippen molar-refractivity contribution < 1.29 is 9.53 Å². The van der Waals surface area contributed by atoms with Crippen LogP contribution in [0.3, 0.4) is 0 Å². The van der Waals surface area contributed by atoms with Crippen LogP contribution in [0.2, 0.25) is 0 Å². The molecule has 3 N–H and O–H groups in total. The third kappa shape index (κ3) is 4.39. The standard InChI is InChI=1S/C15H22N2O2.ClH/c1-10(2)19-14-6-4-3-5-13(14)17-15(18)11-7-8-12(16)9-11;/h3-6,10-12H,7-9,16H2,1-2H3,(H,17,18);1H. The molecular formula is C15H23ClN2O2. The normalized spacial score (nSPS) is 21.4. The van der Waals surface area contributed by atoms with Crippen LogP contribution in [0, 0.1) is 5.92 Å². The number of amides is 1. The van der Waals surface area contributed by atoms with E-state index in [1.165, 1.54) is 0 Å². The summed E-state index contributed by atoms with van der Waals surface area (Å²) in [5.74, 6) is 0.794. The summed E-state index contributed by atoms with van der Waals surface area (Å²) in [6.45, 7) is 3.93. The average Bonchev–Trinajstić information content (AvgIpc) is 2.78. The van der Waals surface area contributed by atoms with Crippen molar-refractivity contribution in [2.75, 3.05) is 5.32 Å². The van der Waals surface area contributed by atoms with E-state index in [4.69, 9.17) is 10.5 Å². The fourth-order valence-corrected chi connectivity index (χ4v) is 2.42. The Morgan fingerprint density at radius 3 is 2.65 bits per heavy atom. The highest BCUT2D eigenvalue weighted by Gasteiger charge is 2.28. The number of carbonyl (C=O) groups is 1. The fraction of sp³-hybridized carbons (Fsp3) is 0.533. The first-order valence-electron chi connectivity index (χ1n) is 6.88. The maximum Gasteiger partial charge on any atom is 0.227 e. The average molecular weight is 299 g/mol. The van der Waals surface area contributed by atoms with Crippen LogP contribution in [0.5, 0.6) is 5.75 Å². The first-order chi connectivity index (χ1) is 9.06. The van der Waals surface area contributed by atoms with E-state index in [0.29, 0.717) is 5.75 Å². The van der Waals surface area contributed by atoms with Gasteiger partial charge in [-0.05, 0) is 45.2 Å². The van der Waals surface area contributed by atoms with Crippen LogP contribution in [0.4, 0.5) is 5.69 Å². The zero-order valence-electron chi connectivity index (χ0n) is 12.0. The minimum atomic E-state index is 0. The molecule has 20 heavy (non-hydrogen) atoms. The second-order valence-electron chi connectivity index (χ2n) is 5.42. The molecule has 1 saturated carbocycles. The van der Waals surface area contributed by atoms with E-state index in [2.05, 4.69) is 5.32 Å². The summed E-state index contributed by atoms with van der Waals surface area (Å²) < 4.78 is 5.69. The number of carbonyl (C=O) groups excluding carboxylic acids is 1. The molecule has 1 amide bonds. The SMILES string of the molecule is CC(C)Oc1ccccc1NC(=O)C1CCC(N)C1.Cl. The molecule has 0 aliphatic heterocycles. The van der Waals surface area contributed by atoms with Crippen molar-refractivity contribution in [2.24, 2.45) is 11.7 Å². The Balaban J connectivity index is 0.00000200. The first kappa shape index (κ1) is 16.8. The lowest BCUT2D eigenvalue weighted by Gasteiger charge is -2.16. The smallest absolute Gasteiger partial charge is 0.227 e. The van der Waals surface area contributed by atoms with Gasteiger partial charge in [0.2, 0.25) is 5.91 Å². The molecule has 0 radical (unpaired) electrons. The van der Waals surface area contributed by atoms with E-state index in [1.54, 1.807) is 0 Å². The Hall–Kier alpha value is -1.26. The second-order valence-corrected chi connectivity index (χ2v) is 5.42. The number of nitrogens with two attached hydrogens (primary N) is 1. The summed E-state index contributed by atoms with van der Waals surface area (Å²) in [5.41, 5.74) is 6.59. The number of hydrogen-bond acceptors (Lipinski definition) is 3. The van der Waals surface area contributed by atoms with E-state index in [9.17, 15) is 4.79 Å². The number of benzene rings is 1. The molecule has 4 nitrogen and oxygen atoms in total. The number of ether oxygens (including phenoxy) is 1. The Kier molecular flexibility index (Phi) is 6.30. The van der Waals surface area contributed by atoms with Gasteiger partial charge in [0, 0.05) is 12.0 Å². The number of nitrogens with one attached hydrogen (secondary N) is 1. The molecule has 1 aliphatic rings. The van der Waals surface area contributed by atoms with Gasteiger partial charge in [0.05, 0.1) is 11.8 Å². The van der Waals surface area contributed by atoms with Crippen LogP contribution in [-0.2, 0) is 4.79 Å². The largest absolute Gasteiger partial charge is 0.489 e. The maximum atomic E-state index is 12.2. The van der Waals surface area contributed by atoms with E-state index in [0.717, 1.165) is 24.9 Å². The number of anilines is 1. The van der Waals surface area contributed by atoms with Crippen molar-refractivity contribution in [1.82, 2.24) is 0 Å². The van der Waals surface area contributed by atoms with Crippen LogP contribution in [0.15, 0.2) is 24.3 Å². The lowest BCUT2D eigenvalue weighted by Crippen LogP contribution is -2.23. The van der Waals surface area contributed by atoms with Gasteiger partial charge >= 0.3 is 0 Å². The van der Waals surface area contributed by atoms with Gasteiger partial charge in [-0.1, -0.05) is 12.1 Å². The molecule has 1 aliphatic carbocycles. The predicted octanol–water partition coefficient (Wildman–Crippen LogP) is 2.96. The third-order valence-electron chi connectivity index (χ3n) is 3.35. The first-order valence-corrected chi connectivity index (χ1v) is 6.88. The minimum Gasteiger partial charge on any atom is -0.489 e. The molecule has 1 fully saturated rings. The van der Waals surface area contributed by atoms with Gasteiger partial charge in [0.1, 0.15) is 5.75 Å². The van der Waals surface area contributed by atoms with Crippen LogP contribution in [-0.4, -0.2) is 18.1 Å². The summed E-state index contributed by atoms with van der Waals surface area (Å²) in [5, 5.41) is 2.96. The molecule has 2 atom stereocenters. The zero-order valence-corrected chi connectivity index (χ0v) is 12.8. The number of para-hydroxylation sites is 2. The molecule has 2 rings (SSSR count). The van der Waals surface area contributed by atoms with Crippen LogP contribution >= 0.6 is 12.4 Å². The highest BCUT2D eigenvalue weighted by atomic mass is 35.5. The van der Waals surface area contributed by atoms with Crippen LogP contribution in [0.25, 0.3) is 0 Å². The van der Waals surface area contributed by atoms with E-state index in [-0.39, 0.29) is 36.4 Å². The molecular weight excluding hydrogens is 276 g/mol. The molecule has 0 heterocycles. The summed E-state index contributed by atoms with van der Waals surface area (Å²) in [6.07, 6.45) is 2.67. The van der Waals surface area contributed by atoms with E-state index in [1.807, 2.05) is 38.1 Å². The third-order valence-corrected chi connectivity index (χ3v) is 3.35. The topological polar surface area (TPSA) is 64.3 Å². The Morgan fingerprint density at radius 1 is 1.35 bits per heavy atom.